The molecular formula is C17H24N2O4. The average molecular weight is 320 g/mol. The molecule has 1 aliphatic rings. The van der Waals surface area contributed by atoms with Crippen LogP contribution in [0, 0.1) is 0 Å². The maximum atomic E-state index is 12.4. The third kappa shape index (κ3) is 6.28. The van der Waals surface area contributed by atoms with E-state index in [0.29, 0.717) is 39.1 Å². The number of urea groups is 1. The summed E-state index contributed by atoms with van der Waals surface area (Å²) in [5.74, 6) is -0.847. The Morgan fingerprint density at radius 2 is 2.00 bits per heavy atom. The van der Waals surface area contributed by atoms with E-state index in [0.717, 1.165) is 12.0 Å². The van der Waals surface area contributed by atoms with E-state index in [1.807, 2.05) is 30.3 Å². The van der Waals surface area contributed by atoms with Gasteiger partial charge in [0.1, 0.15) is 0 Å². The molecule has 1 saturated heterocycles. The van der Waals surface area contributed by atoms with Crippen LogP contribution in [0.25, 0.3) is 0 Å². The highest BCUT2D eigenvalue weighted by atomic mass is 16.5. The summed E-state index contributed by atoms with van der Waals surface area (Å²) >= 11 is 0. The molecule has 1 unspecified atom stereocenters. The zero-order chi connectivity index (χ0) is 16.5. The van der Waals surface area contributed by atoms with Crippen LogP contribution in [0.1, 0.15) is 24.8 Å². The van der Waals surface area contributed by atoms with Gasteiger partial charge in [-0.25, -0.2) is 4.79 Å². The number of carbonyl (C=O) groups is 2. The van der Waals surface area contributed by atoms with Gasteiger partial charge in [0.15, 0.2) is 0 Å². The normalized spacial score (nSPS) is 16.4. The molecule has 1 aliphatic heterocycles. The molecule has 0 radical (unpaired) electrons. The van der Waals surface area contributed by atoms with Crippen molar-refractivity contribution in [2.45, 2.75) is 31.7 Å². The van der Waals surface area contributed by atoms with Crippen LogP contribution in [0.3, 0.4) is 0 Å². The summed E-state index contributed by atoms with van der Waals surface area (Å²) in [6.07, 6.45) is 1.91. The van der Waals surface area contributed by atoms with Gasteiger partial charge in [0.05, 0.1) is 6.61 Å². The SMILES string of the molecule is O=C(O)CCC(Cc1ccccc1)NC(=O)N1CCCOCC1. The Bertz CT molecular complexity index is 499. The molecule has 6 heteroatoms. The van der Waals surface area contributed by atoms with E-state index in [9.17, 15) is 9.59 Å². The van der Waals surface area contributed by atoms with E-state index in [-0.39, 0.29) is 18.5 Å². The average Bonchev–Trinajstić information content (AvgIpc) is 2.83. The standard InChI is InChI=1S/C17H24N2O4/c20-16(21)8-7-15(13-14-5-2-1-3-6-14)18-17(22)19-9-4-11-23-12-10-19/h1-3,5-6,15H,4,7-13H2,(H,18,22)(H,20,21). The lowest BCUT2D eigenvalue weighted by Gasteiger charge is -2.25. The number of hydrogen-bond acceptors (Lipinski definition) is 3. The van der Waals surface area contributed by atoms with Gasteiger partial charge in [-0.2, -0.15) is 0 Å². The van der Waals surface area contributed by atoms with E-state index >= 15 is 0 Å². The van der Waals surface area contributed by atoms with E-state index < -0.39 is 5.97 Å². The lowest BCUT2D eigenvalue weighted by atomic mass is 10.0. The van der Waals surface area contributed by atoms with Crippen LogP contribution in [0.4, 0.5) is 4.79 Å². The number of nitrogens with zero attached hydrogens (tertiary/aromatic N) is 1. The van der Waals surface area contributed by atoms with Crippen molar-refractivity contribution in [2.75, 3.05) is 26.3 Å². The smallest absolute Gasteiger partial charge is 0.317 e. The topological polar surface area (TPSA) is 78.9 Å². The van der Waals surface area contributed by atoms with E-state index in [2.05, 4.69) is 5.32 Å². The molecule has 0 aliphatic carbocycles. The van der Waals surface area contributed by atoms with Crippen molar-refractivity contribution in [1.29, 1.82) is 0 Å². The highest BCUT2D eigenvalue weighted by Crippen LogP contribution is 2.09. The Balaban J connectivity index is 1.94. The number of aliphatic carboxylic acids is 1. The number of carbonyl (C=O) groups excluding carboxylic acids is 1. The molecule has 2 amide bonds. The van der Waals surface area contributed by atoms with Crippen LogP contribution in [-0.4, -0.2) is 54.4 Å². The van der Waals surface area contributed by atoms with Crippen LogP contribution >= 0.6 is 0 Å². The Kier molecular flexibility index (Phi) is 6.87. The molecule has 126 valence electrons. The monoisotopic (exact) mass is 320 g/mol. The van der Waals surface area contributed by atoms with Crippen LogP contribution in [0.5, 0.6) is 0 Å². The van der Waals surface area contributed by atoms with Crippen molar-refractivity contribution in [3.05, 3.63) is 35.9 Å². The molecule has 1 aromatic rings. The predicted molar refractivity (Wildman–Crippen MR) is 86.3 cm³/mol. The molecule has 2 rings (SSSR count). The van der Waals surface area contributed by atoms with Gasteiger partial charge in [-0.15, -0.1) is 0 Å². The van der Waals surface area contributed by atoms with Crippen molar-refractivity contribution in [1.82, 2.24) is 10.2 Å². The first-order chi connectivity index (χ1) is 11.1. The number of nitrogens with one attached hydrogen (secondary N) is 1. The second-order valence-corrected chi connectivity index (χ2v) is 5.72. The van der Waals surface area contributed by atoms with Crippen LogP contribution < -0.4 is 5.32 Å². The Labute approximate surface area is 136 Å². The molecule has 0 aromatic heterocycles. The second-order valence-electron chi connectivity index (χ2n) is 5.72. The molecule has 0 bridgehead atoms. The van der Waals surface area contributed by atoms with E-state index in [1.165, 1.54) is 0 Å². The Hall–Kier alpha value is -2.08. The van der Waals surface area contributed by atoms with Gasteiger partial charge in [-0.3, -0.25) is 4.79 Å². The summed E-state index contributed by atoms with van der Waals surface area (Å²) in [5.41, 5.74) is 1.09. The fraction of sp³-hybridized carbons (Fsp3) is 0.529. The first-order valence-electron chi connectivity index (χ1n) is 8.04. The first-order valence-corrected chi connectivity index (χ1v) is 8.04. The molecule has 1 aromatic carbocycles. The molecule has 1 fully saturated rings. The molecule has 1 atom stereocenters. The lowest BCUT2D eigenvalue weighted by molar-refractivity contribution is -0.137. The number of hydrogen-bond donors (Lipinski definition) is 2. The summed E-state index contributed by atoms with van der Waals surface area (Å²) in [6, 6.07) is 9.46. The summed E-state index contributed by atoms with van der Waals surface area (Å²) in [5, 5.41) is 11.9. The summed E-state index contributed by atoms with van der Waals surface area (Å²) in [7, 11) is 0. The van der Waals surface area contributed by atoms with Gasteiger partial charge in [-0.05, 0) is 24.8 Å². The molecule has 1 heterocycles. The van der Waals surface area contributed by atoms with E-state index in [1.54, 1.807) is 4.90 Å². The molecule has 0 saturated carbocycles. The molecule has 0 spiro atoms. The number of amides is 2. The van der Waals surface area contributed by atoms with Crippen molar-refractivity contribution >= 4 is 12.0 Å². The largest absolute Gasteiger partial charge is 0.481 e. The number of carboxylic acid groups (broad SMARTS) is 1. The van der Waals surface area contributed by atoms with Crippen molar-refractivity contribution < 1.29 is 19.4 Å². The number of carboxylic acids is 1. The Morgan fingerprint density at radius 3 is 2.74 bits per heavy atom. The fourth-order valence-corrected chi connectivity index (χ4v) is 2.64. The van der Waals surface area contributed by atoms with Gasteiger partial charge in [0, 0.05) is 32.2 Å². The molecule has 2 N–H and O–H groups in total. The first kappa shape index (κ1) is 17.3. The zero-order valence-corrected chi connectivity index (χ0v) is 13.2. The second kappa shape index (κ2) is 9.15. The maximum Gasteiger partial charge on any atom is 0.317 e. The lowest BCUT2D eigenvalue weighted by Crippen LogP contribution is -2.46. The van der Waals surface area contributed by atoms with Crippen molar-refractivity contribution in [2.24, 2.45) is 0 Å². The van der Waals surface area contributed by atoms with Crippen molar-refractivity contribution in [3.63, 3.8) is 0 Å². The predicted octanol–water partition coefficient (Wildman–Crippen LogP) is 1.89. The highest BCUT2D eigenvalue weighted by Gasteiger charge is 2.20. The third-order valence-electron chi connectivity index (χ3n) is 3.87. The summed E-state index contributed by atoms with van der Waals surface area (Å²) in [6.45, 7) is 2.47. The Morgan fingerprint density at radius 1 is 1.22 bits per heavy atom. The summed E-state index contributed by atoms with van der Waals surface area (Å²) in [4.78, 5) is 25.0. The maximum absolute atomic E-state index is 12.4. The highest BCUT2D eigenvalue weighted by molar-refractivity contribution is 5.74. The number of rotatable bonds is 6. The minimum Gasteiger partial charge on any atom is -0.481 e. The number of ether oxygens (including phenoxy) is 1. The minimum atomic E-state index is -0.847. The third-order valence-corrected chi connectivity index (χ3v) is 3.87. The van der Waals surface area contributed by atoms with Gasteiger partial charge >= 0.3 is 12.0 Å². The zero-order valence-electron chi connectivity index (χ0n) is 13.2. The van der Waals surface area contributed by atoms with Gasteiger partial charge in [0.2, 0.25) is 0 Å². The quantitative estimate of drug-likeness (QED) is 0.839. The molecule has 6 nitrogen and oxygen atoms in total. The minimum absolute atomic E-state index is 0.0426. The van der Waals surface area contributed by atoms with Crippen LogP contribution in [0.2, 0.25) is 0 Å². The summed E-state index contributed by atoms with van der Waals surface area (Å²) < 4.78 is 5.36. The number of benzene rings is 1. The van der Waals surface area contributed by atoms with Gasteiger partial charge in [-0.1, -0.05) is 30.3 Å². The van der Waals surface area contributed by atoms with Gasteiger partial charge < -0.3 is 20.1 Å². The molecular weight excluding hydrogens is 296 g/mol. The molecule has 23 heavy (non-hydrogen) atoms. The van der Waals surface area contributed by atoms with Crippen LogP contribution in [0.15, 0.2) is 30.3 Å². The van der Waals surface area contributed by atoms with E-state index in [4.69, 9.17) is 9.84 Å². The van der Waals surface area contributed by atoms with Crippen molar-refractivity contribution in [3.8, 4) is 0 Å². The van der Waals surface area contributed by atoms with Gasteiger partial charge in [0.25, 0.3) is 0 Å². The van der Waals surface area contributed by atoms with Crippen LogP contribution in [-0.2, 0) is 16.0 Å². The fourth-order valence-electron chi connectivity index (χ4n) is 2.64.